The van der Waals surface area contributed by atoms with Crippen LogP contribution in [-0.2, 0) is 11.2 Å². The average Bonchev–Trinajstić information content (AvgIpc) is 1.60. The molecule has 3 nitrogen and oxygen atoms in total. The molecule has 1 aromatic rings. The minimum atomic E-state index is -0.0652. The Balaban J connectivity index is 0.837. The van der Waals surface area contributed by atoms with Crippen molar-refractivity contribution in [3.05, 3.63) is 35.4 Å². The number of esters is 1. The van der Waals surface area contributed by atoms with E-state index in [0.29, 0.717) is 11.0 Å². The minimum absolute atomic E-state index is 0.0652. The summed E-state index contributed by atoms with van der Waals surface area (Å²) in [6, 6.07) is 9.75. The fourth-order valence-corrected chi connectivity index (χ4v) is 49.5. The molecule has 1 aromatic carbocycles. The number of ether oxygens (including phenoxy) is 1. The van der Waals surface area contributed by atoms with Crippen molar-refractivity contribution in [2.75, 3.05) is 20.2 Å². The van der Waals surface area contributed by atoms with Gasteiger partial charge in [0.25, 0.3) is 0 Å². The number of methoxy groups -OCH3 is 1. The number of benzene rings is 1. The van der Waals surface area contributed by atoms with Gasteiger partial charge >= 0.3 is 5.97 Å². The van der Waals surface area contributed by atoms with E-state index in [4.69, 9.17) is 4.74 Å². The summed E-state index contributed by atoms with van der Waals surface area (Å²) in [5, 5.41) is 0. The molecular weight excluding hydrogens is 923 g/mol. The van der Waals surface area contributed by atoms with Crippen LogP contribution < -0.4 is 0 Å². The summed E-state index contributed by atoms with van der Waals surface area (Å²) < 4.78 is 5.69. The monoisotopic (exact) mass is 1000 g/mol. The van der Waals surface area contributed by atoms with Crippen molar-refractivity contribution in [2.24, 2.45) is 349 Å². The van der Waals surface area contributed by atoms with E-state index in [1.54, 1.807) is 12.7 Å². The van der Waals surface area contributed by atoms with Crippen LogP contribution in [0, 0.1) is 349 Å². The Kier molecular flexibility index (Phi) is 4.43. The van der Waals surface area contributed by atoms with Crippen LogP contribution in [-0.4, -0.2) is 36.6 Å². The van der Waals surface area contributed by atoms with Gasteiger partial charge in [-0.05, 0) is 386 Å². The standard InChI is InChI=1S/C73H77NO2/c1-4-74(5-2)73-66-58-49-42-29-22-16-15-17-13-14-18(16)27(29)33-31-20(14)23-19(13)30-32-26(17)28-21(15)24-25(22)36-43-35(24)44-41(28)48-46(32)50-37(30)39-34(23)40-38(31)51(47(33)49)62(66)64-53(40)52(39)63-61(50)65-57(48)54(44)59-56(43)60(55(58)45(36)42)69(73)67(59)72(65,68(63)70(64)73)10-11-7-6-8-12(9-11)71(75)76-3/h6-9,13-70H,4-5,10H2,1-3H3. The molecule has 60 unspecified atom stereocenters. The molecule has 0 amide bonds. The molecule has 60 atom stereocenters. The maximum Gasteiger partial charge on any atom is 0.337 e. The lowest BCUT2D eigenvalue weighted by molar-refractivity contribution is -0.260. The maximum atomic E-state index is 13.9. The lowest BCUT2D eigenvalue weighted by Crippen LogP contribution is -2.77. The van der Waals surface area contributed by atoms with Crippen LogP contribution in [0.15, 0.2) is 24.3 Å². The van der Waals surface area contributed by atoms with Gasteiger partial charge in [0.15, 0.2) is 0 Å². The quantitative estimate of drug-likeness (QED) is 0.267. The van der Waals surface area contributed by atoms with E-state index in [1.807, 2.05) is 0 Å². The molecular formula is C73H77NO2. The first kappa shape index (κ1) is 36.3. The Labute approximate surface area is 448 Å². The molecule has 0 bridgehead atoms. The number of nitrogens with zero attached hydrogens (tertiary/aromatic N) is 1. The zero-order valence-electron chi connectivity index (χ0n) is 44.7. The molecule has 0 heterocycles. The van der Waals surface area contributed by atoms with Crippen LogP contribution >= 0.6 is 0 Å². The van der Waals surface area contributed by atoms with Crippen molar-refractivity contribution in [2.45, 2.75) is 25.8 Å². The van der Waals surface area contributed by atoms with E-state index in [-0.39, 0.29) is 5.97 Å². The van der Waals surface area contributed by atoms with Crippen LogP contribution in [0.4, 0.5) is 0 Å². The number of carbonyl (C=O) groups excluding carboxylic acids is 1. The van der Waals surface area contributed by atoms with Gasteiger partial charge in [-0.25, -0.2) is 4.79 Å². The van der Waals surface area contributed by atoms with Crippen molar-refractivity contribution in [1.29, 1.82) is 0 Å². The number of rotatable bonds is 6. The molecule has 0 radical (unpaired) electrons. The molecule has 3 heteroatoms. The van der Waals surface area contributed by atoms with Gasteiger partial charge in [0.05, 0.1) is 12.7 Å². The summed E-state index contributed by atoms with van der Waals surface area (Å²) >= 11 is 0. The first-order valence-electron chi connectivity index (χ1n) is 35.6. The molecule has 386 valence electrons. The predicted molar refractivity (Wildman–Crippen MR) is 272 cm³/mol. The zero-order chi connectivity index (χ0) is 46.5. The molecule has 0 aromatic heterocycles. The Morgan fingerprint density at radius 1 is 0.355 bits per heavy atom. The molecule has 32 aliphatic carbocycles. The molecule has 32 fully saturated rings. The number of hydrogen-bond donors (Lipinski definition) is 0. The minimum Gasteiger partial charge on any atom is -0.465 e. The molecule has 0 aliphatic heterocycles. The second-order valence-electron chi connectivity index (χ2n) is 38.7. The molecule has 0 spiro atoms. The van der Waals surface area contributed by atoms with Gasteiger partial charge in [-0.2, -0.15) is 0 Å². The van der Waals surface area contributed by atoms with Crippen LogP contribution in [0.25, 0.3) is 0 Å². The molecule has 76 heavy (non-hydrogen) atoms. The summed E-state index contributed by atoms with van der Waals surface area (Å²) in [6.45, 7) is 8.35. The Morgan fingerprint density at radius 3 is 0.947 bits per heavy atom. The van der Waals surface area contributed by atoms with Crippen molar-refractivity contribution in [3.63, 3.8) is 0 Å². The van der Waals surface area contributed by atoms with Crippen LogP contribution in [0.2, 0.25) is 0 Å². The normalized spacial score (nSPS) is 89.7. The second kappa shape index (κ2) is 9.28. The van der Waals surface area contributed by atoms with Crippen LogP contribution in [0.5, 0.6) is 0 Å². The van der Waals surface area contributed by atoms with Gasteiger partial charge in [-0.1, -0.05) is 26.0 Å². The largest absolute Gasteiger partial charge is 0.465 e. The third-order valence-corrected chi connectivity index (χ3v) is 43.6. The van der Waals surface area contributed by atoms with E-state index in [0.717, 1.165) is 130 Å². The van der Waals surface area contributed by atoms with Gasteiger partial charge in [-0.3, -0.25) is 4.90 Å². The lowest BCUT2D eigenvalue weighted by atomic mass is 9.33. The highest BCUT2D eigenvalue weighted by Gasteiger charge is 3.05. The average molecular weight is 1000 g/mol. The topological polar surface area (TPSA) is 29.5 Å². The van der Waals surface area contributed by atoms with Gasteiger partial charge in [0.2, 0.25) is 0 Å². The summed E-state index contributed by atoms with van der Waals surface area (Å²) in [5.41, 5.74) is 3.50. The van der Waals surface area contributed by atoms with Crippen molar-refractivity contribution < 1.29 is 9.53 Å². The third-order valence-electron chi connectivity index (χ3n) is 43.6. The number of hydrogen-bond acceptors (Lipinski definition) is 3. The Hall–Kier alpha value is -1.35. The van der Waals surface area contributed by atoms with Gasteiger partial charge in [-0.15, -0.1) is 0 Å². The third kappa shape index (κ3) is 2.31. The highest BCUT2D eigenvalue weighted by Crippen LogP contribution is 3.07. The molecule has 32 saturated carbocycles. The fraction of sp³-hybridized carbons (Fsp3) is 0.904. The van der Waals surface area contributed by atoms with Gasteiger partial charge < -0.3 is 4.74 Å². The van der Waals surface area contributed by atoms with Crippen molar-refractivity contribution >= 4 is 5.97 Å². The molecule has 33 rings (SSSR count). The Morgan fingerprint density at radius 2 is 0.605 bits per heavy atom. The summed E-state index contributed by atoms with van der Waals surface area (Å²) in [7, 11) is 1.67. The molecule has 0 saturated heterocycles. The fourth-order valence-electron chi connectivity index (χ4n) is 49.5. The van der Waals surface area contributed by atoms with Crippen LogP contribution in [0.1, 0.15) is 29.8 Å². The van der Waals surface area contributed by atoms with Crippen LogP contribution in [0.3, 0.4) is 0 Å². The summed E-state index contributed by atoms with van der Waals surface area (Å²) in [4.78, 5) is 17.5. The highest BCUT2D eigenvalue weighted by molar-refractivity contribution is 5.89. The maximum absolute atomic E-state index is 13.9. The zero-order valence-corrected chi connectivity index (χ0v) is 44.7. The molecule has 32 aliphatic rings. The second-order valence-corrected chi connectivity index (χ2v) is 38.7. The first-order valence-corrected chi connectivity index (χ1v) is 35.6. The number of carbonyl (C=O) groups is 1. The van der Waals surface area contributed by atoms with E-state index in [2.05, 4.69) is 43.0 Å². The SMILES string of the molecule is CCN(CC)C12C3C4C5C6C7C8C9C%10C%11C%12C%13C9C7C7C9C%13C%13C%12C%12C%14C%11C%11C%10C%10C8C8C%15C%10C%10C%11C%11C%14C%14C%12C%12C%13C%13C9C(C75)C3C3C%13C%12C5C%14C7C%11C%10C9C%15C(C4C86)C1C9C7(Cc1cccc(C(=O)OC)c1)C5C32. The van der Waals surface area contributed by atoms with E-state index < -0.39 is 0 Å². The van der Waals surface area contributed by atoms with E-state index >= 15 is 0 Å². The Bertz CT molecular complexity index is 3320. The first-order chi connectivity index (χ1) is 37.7. The van der Waals surface area contributed by atoms with Gasteiger partial charge in [0, 0.05) is 5.54 Å². The van der Waals surface area contributed by atoms with Crippen molar-refractivity contribution in [3.8, 4) is 0 Å². The summed E-state index contributed by atoms with van der Waals surface area (Å²) in [5.74, 6) is 67.9. The van der Waals surface area contributed by atoms with E-state index in [1.165, 1.54) is 238 Å². The lowest BCUT2D eigenvalue weighted by Gasteiger charge is -2.74. The van der Waals surface area contributed by atoms with Crippen molar-refractivity contribution in [1.82, 2.24) is 4.90 Å². The predicted octanol–water partition coefficient (Wildman–Crippen LogP) is 9.24. The molecule has 0 N–H and O–H groups in total. The highest BCUT2D eigenvalue weighted by atomic mass is 16.5. The summed E-state index contributed by atoms with van der Waals surface area (Å²) in [6.07, 6.45) is 1.40. The van der Waals surface area contributed by atoms with Gasteiger partial charge in [0.1, 0.15) is 0 Å². The smallest absolute Gasteiger partial charge is 0.337 e. The van der Waals surface area contributed by atoms with E-state index in [9.17, 15) is 4.79 Å².